The molecule has 72 valence electrons. The maximum absolute atomic E-state index is 9.74. The summed E-state index contributed by atoms with van der Waals surface area (Å²) in [6, 6.07) is 8.22. The molecule has 13 heavy (non-hydrogen) atoms. The van der Waals surface area contributed by atoms with E-state index in [-0.39, 0.29) is 6.10 Å². The van der Waals surface area contributed by atoms with Crippen LogP contribution in [-0.2, 0) is 6.42 Å². The third-order valence-electron chi connectivity index (χ3n) is 2.31. The van der Waals surface area contributed by atoms with Crippen molar-refractivity contribution in [2.24, 2.45) is 0 Å². The lowest BCUT2D eigenvalue weighted by Gasteiger charge is -2.10. The quantitative estimate of drug-likeness (QED) is 0.751. The molecule has 1 aromatic rings. The van der Waals surface area contributed by atoms with E-state index >= 15 is 0 Å². The monoisotopic (exact) mass is 178 g/mol. The molecule has 0 spiro atoms. The Balaban J connectivity index is 2.75. The highest BCUT2D eigenvalue weighted by Gasteiger charge is 2.05. The van der Waals surface area contributed by atoms with Gasteiger partial charge in [0.1, 0.15) is 0 Å². The molecule has 0 aromatic heterocycles. The summed E-state index contributed by atoms with van der Waals surface area (Å²) in [7, 11) is 0. The van der Waals surface area contributed by atoms with Crippen LogP contribution in [0.2, 0.25) is 0 Å². The molecular weight excluding hydrogens is 160 g/mol. The Labute approximate surface area is 80.4 Å². The Kier molecular flexibility index (Phi) is 3.97. The molecule has 0 saturated heterocycles. The van der Waals surface area contributed by atoms with E-state index in [0.717, 1.165) is 24.8 Å². The molecule has 1 N–H and O–H groups in total. The van der Waals surface area contributed by atoms with E-state index < -0.39 is 0 Å². The summed E-state index contributed by atoms with van der Waals surface area (Å²) < 4.78 is 0. The fourth-order valence-electron chi connectivity index (χ4n) is 1.46. The van der Waals surface area contributed by atoms with Gasteiger partial charge in [-0.25, -0.2) is 0 Å². The van der Waals surface area contributed by atoms with Gasteiger partial charge in [-0.05, 0) is 24.0 Å². The van der Waals surface area contributed by atoms with Gasteiger partial charge in [-0.15, -0.1) is 0 Å². The van der Waals surface area contributed by atoms with E-state index in [9.17, 15) is 5.11 Å². The maximum Gasteiger partial charge on any atom is 0.0790 e. The van der Waals surface area contributed by atoms with Crippen LogP contribution in [-0.4, -0.2) is 5.11 Å². The van der Waals surface area contributed by atoms with E-state index in [1.165, 1.54) is 5.56 Å². The van der Waals surface area contributed by atoms with Crippen LogP contribution in [0.3, 0.4) is 0 Å². The lowest BCUT2D eigenvalue weighted by atomic mass is 10.0. The average Bonchev–Trinajstić information content (AvgIpc) is 2.18. The molecule has 1 aromatic carbocycles. The zero-order chi connectivity index (χ0) is 9.68. The van der Waals surface area contributed by atoms with Crippen molar-refractivity contribution >= 4 is 0 Å². The van der Waals surface area contributed by atoms with Gasteiger partial charge in [0, 0.05) is 0 Å². The number of benzene rings is 1. The minimum atomic E-state index is -0.281. The summed E-state index contributed by atoms with van der Waals surface area (Å²) in [5.41, 5.74) is 2.36. The Morgan fingerprint density at radius 1 is 1.31 bits per heavy atom. The van der Waals surface area contributed by atoms with Crippen LogP contribution < -0.4 is 0 Å². The van der Waals surface area contributed by atoms with Crippen molar-refractivity contribution in [1.82, 2.24) is 0 Å². The van der Waals surface area contributed by atoms with Crippen LogP contribution in [0.1, 0.15) is 43.9 Å². The summed E-state index contributed by atoms with van der Waals surface area (Å²) in [5.74, 6) is 0. The van der Waals surface area contributed by atoms with E-state index in [1.54, 1.807) is 0 Å². The van der Waals surface area contributed by atoms with Crippen LogP contribution in [0, 0.1) is 0 Å². The Morgan fingerprint density at radius 2 is 2.08 bits per heavy atom. The highest BCUT2D eigenvalue weighted by molar-refractivity contribution is 5.25. The standard InChI is InChI=1S/C12H18O/c1-3-6-12(13)11-8-5-7-10(4-2)9-11/h5,7-9,12-13H,3-4,6H2,1-2H3/t12-/m0/s1. The predicted molar refractivity (Wildman–Crippen MR) is 55.7 cm³/mol. The van der Waals surface area contributed by atoms with Crippen molar-refractivity contribution in [3.8, 4) is 0 Å². The second-order valence-electron chi connectivity index (χ2n) is 3.40. The summed E-state index contributed by atoms with van der Waals surface area (Å²) in [6.45, 7) is 4.22. The second-order valence-corrected chi connectivity index (χ2v) is 3.40. The first-order chi connectivity index (χ1) is 6.27. The molecule has 0 radical (unpaired) electrons. The summed E-state index contributed by atoms with van der Waals surface area (Å²) >= 11 is 0. The summed E-state index contributed by atoms with van der Waals surface area (Å²) in [5, 5.41) is 9.74. The maximum atomic E-state index is 9.74. The molecule has 0 saturated carbocycles. The Hall–Kier alpha value is -0.820. The smallest absolute Gasteiger partial charge is 0.0790 e. The van der Waals surface area contributed by atoms with Crippen molar-refractivity contribution in [3.05, 3.63) is 35.4 Å². The summed E-state index contributed by atoms with van der Waals surface area (Å²) in [6.07, 6.45) is 2.63. The van der Waals surface area contributed by atoms with Gasteiger partial charge < -0.3 is 5.11 Å². The van der Waals surface area contributed by atoms with Crippen LogP contribution in [0.4, 0.5) is 0 Å². The van der Waals surface area contributed by atoms with Gasteiger partial charge >= 0.3 is 0 Å². The molecule has 0 aliphatic heterocycles. The number of aliphatic hydroxyl groups is 1. The number of rotatable bonds is 4. The van der Waals surface area contributed by atoms with Crippen LogP contribution in [0.15, 0.2) is 24.3 Å². The topological polar surface area (TPSA) is 20.2 Å². The van der Waals surface area contributed by atoms with Gasteiger partial charge in [-0.1, -0.05) is 44.5 Å². The van der Waals surface area contributed by atoms with E-state index in [1.807, 2.05) is 12.1 Å². The third-order valence-corrected chi connectivity index (χ3v) is 2.31. The van der Waals surface area contributed by atoms with Crippen molar-refractivity contribution in [1.29, 1.82) is 0 Å². The molecule has 1 rings (SSSR count). The molecule has 0 amide bonds. The van der Waals surface area contributed by atoms with E-state index in [2.05, 4.69) is 26.0 Å². The van der Waals surface area contributed by atoms with Gasteiger partial charge in [-0.3, -0.25) is 0 Å². The van der Waals surface area contributed by atoms with Gasteiger partial charge in [0.05, 0.1) is 6.10 Å². The Bertz CT molecular complexity index is 255. The van der Waals surface area contributed by atoms with Crippen molar-refractivity contribution < 1.29 is 5.11 Å². The third kappa shape index (κ3) is 2.85. The highest BCUT2D eigenvalue weighted by atomic mass is 16.3. The number of hydrogen-bond donors (Lipinski definition) is 1. The average molecular weight is 178 g/mol. The largest absolute Gasteiger partial charge is 0.388 e. The van der Waals surface area contributed by atoms with Crippen LogP contribution in [0.5, 0.6) is 0 Å². The first-order valence-electron chi connectivity index (χ1n) is 5.04. The lowest BCUT2D eigenvalue weighted by Crippen LogP contribution is -1.97. The highest BCUT2D eigenvalue weighted by Crippen LogP contribution is 2.19. The fourth-order valence-corrected chi connectivity index (χ4v) is 1.46. The SMILES string of the molecule is CCC[C@H](O)c1cccc(CC)c1. The van der Waals surface area contributed by atoms with E-state index in [0.29, 0.717) is 0 Å². The van der Waals surface area contributed by atoms with Gasteiger partial charge in [0.2, 0.25) is 0 Å². The minimum Gasteiger partial charge on any atom is -0.388 e. The van der Waals surface area contributed by atoms with Gasteiger partial charge in [0.25, 0.3) is 0 Å². The number of aryl methyl sites for hydroxylation is 1. The van der Waals surface area contributed by atoms with Crippen LogP contribution >= 0.6 is 0 Å². The predicted octanol–water partition coefficient (Wildman–Crippen LogP) is 3.08. The molecule has 1 heteroatoms. The first-order valence-corrected chi connectivity index (χ1v) is 5.04. The minimum absolute atomic E-state index is 0.281. The van der Waals surface area contributed by atoms with E-state index in [4.69, 9.17) is 0 Å². The van der Waals surface area contributed by atoms with Crippen molar-refractivity contribution in [3.63, 3.8) is 0 Å². The van der Waals surface area contributed by atoms with Gasteiger partial charge in [0.15, 0.2) is 0 Å². The lowest BCUT2D eigenvalue weighted by molar-refractivity contribution is 0.166. The molecule has 0 aliphatic carbocycles. The molecule has 0 heterocycles. The van der Waals surface area contributed by atoms with Crippen LogP contribution in [0.25, 0.3) is 0 Å². The zero-order valence-electron chi connectivity index (χ0n) is 8.46. The summed E-state index contributed by atoms with van der Waals surface area (Å²) in [4.78, 5) is 0. The molecule has 0 fully saturated rings. The first kappa shape index (κ1) is 10.3. The zero-order valence-corrected chi connectivity index (χ0v) is 8.46. The molecule has 0 aliphatic rings. The van der Waals surface area contributed by atoms with Crippen molar-refractivity contribution in [2.45, 2.75) is 39.2 Å². The fraction of sp³-hybridized carbons (Fsp3) is 0.500. The molecule has 0 bridgehead atoms. The van der Waals surface area contributed by atoms with Gasteiger partial charge in [-0.2, -0.15) is 0 Å². The number of hydrogen-bond acceptors (Lipinski definition) is 1. The molecule has 1 atom stereocenters. The normalized spacial score (nSPS) is 12.8. The Morgan fingerprint density at radius 3 is 2.69 bits per heavy atom. The second kappa shape index (κ2) is 5.03. The molecule has 1 nitrogen and oxygen atoms in total. The van der Waals surface area contributed by atoms with Crippen molar-refractivity contribution in [2.75, 3.05) is 0 Å². The number of aliphatic hydroxyl groups excluding tert-OH is 1. The molecule has 0 unspecified atom stereocenters. The molecular formula is C12H18O.